The monoisotopic (exact) mass is 451 g/mol. The normalized spacial score (nSPS) is 20.5. The van der Waals surface area contributed by atoms with Crippen LogP contribution in [-0.2, 0) is 9.16 Å². The minimum atomic E-state index is -1.98. The van der Waals surface area contributed by atoms with Crippen molar-refractivity contribution in [1.29, 1.82) is 0 Å². The number of piperidine rings is 1. The second-order valence-electron chi connectivity index (χ2n) is 11.1. The van der Waals surface area contributed by atoms with E-state index in [0.717, 1.165) is 5.56 Å². The standard InChI is InChI=1S/C24H38FNO4Si/c1-23(2,3)30-22(28)26-12-11-20(17-9-10-21(25)18(13-17)15-27)19(14-26)16-29-31(7,8)24(4,5)6/h9-10,13,15,19-20H,11-12,14,16H2,1-8H3/t19-,20-/m0/s1. The summed E-state index contributed by atoms with van der Waals surface area (Å²) in [4.78, 5) is 25.7. The fourth-order valence-corrected chi connectivity index (χ4v) is 4.61. The van der Waals surface area contributed by atoms with Crippen molar-refractivity contribution >= 4 is 20.7 Å². The molecule has 1 aromatic carbocycles. The van der Waals surface area contributed by atoms with E-state index in [9.17, 15) is 14.0 Å². The Labute approximate surface area is 187 Å². The Morgan fingerprint density at radius 2 is 1.87 bits per heavy atom. The number of carbonyl (C=O) groups is 2. The van der Waals surface area contributed by atoms with Gasteiger partial charge in [-0.2, -0.15) is 0 Å². The largest absolute Gasteiger partial charge is 0.444 e. The lowest BCUT2D eigenvalue weighted by atomic mass is 9.80. The van der Waals surface area contributed by atoms with Crippen LogP contribution in [0.15, 0.2) is 18.2 Å². The van der Waals surface area contributed by atoms with E-state index in [4.69, 9.17) is 9.16 Å². The Balaban J connectivity index is 2.27. The summed E-state index contributed by atoms with van der Waals surface area (Å²) in [7, 11) is -1.98. The van der Waals surface area contributed by atoms with E-state index in [0.29, 0.717) is 32.4 Å². The maximum absolute atomic E-state index is 13.9. The second-order valence-corrected chi connectivity index (χ2v) is 15.9. The molecule has 0 unspecified atom stereocenters. The Morgan fingerprint density at radius 3 is 2.42 bits per heavy atom. The van der Waals surface area contributed by atoms with Crippen LogP contribution in [0.3, 0.4) is 0 Å². The summed E-state index contributed by atoms with van der Waals surface area (Å²) in [6.45, 7) is 18.1. The zero-order chi connectivity index (χ0) is 23.6. The Bertz CT molecular complexity index is 798. The van der Waals surface area contributed by atoms with Gasteiger partial charge in [0.2, 0.25) is 0 Å². The first-order valence-electron chi connectivity index (χ1n) is 11.0. The van der Waals surface area contributed by atoms with Gasteiger partial charge in [-0.1, -0.05) is 26.8 Å². The van der Waals surface area contributed by atoms with Crippen molar-refractivity contribution in [3.8, 4) is 0 Å². The van der Waals surface area contributed by atoms with Crippen molar-refractivity contribution in [3.05, 3.63) is 35.1 Å². The van der Waals surface area contributed by atoms with E-state index in [1.54, 1.807) is 17.0 Å². The average molecular weight is 452 g/mol. The van der Waals surface area contributed by atoms with E-state index in [1.807, 2.05) is 20.8 Å². The molecule has 0 aromatic heterocycles. The molecule has 0 bridgehead atoms. The summed E-state index contributed by atoms with van der Waals surface area (Å²) in [6, 6.07) is 4.73. The highest BCUT2D eigenvalue weighted by molar-refractivity contribution is 6.74. The summed E-state index contributed by atoms with van der Waals surface area (Å²) in [5, 5.41) is 0.0720. The van der Waals surface area contributed by atoms with Crippen molar-refractivity contribution in [3.63, 3.8) is 0 Å². The van der Waals surface area contributed by atoms with Gasteiger partial charge in [-0.05, 0) is 68.9 Å². The zero-order valence-electron chi connectivity index (χ0n) is 20.3. The van der Waals surface area contributed by atoms with Gasteiger partial charge in [0.25, 0.3) is 0 Å². The Hall–Kier alpha value is -1.73. The van der Waals surface area contributed by atoms with E-state index in [-0.39, 0.29) is 28.5 Å². The van der Waals surface area contributed by atoms with Crippen molar-refractivity contribution < 1.29 is 23.1 Å². The molecule has 1 heterocycles. The third kappa shape index (κ3) is 6.62. The van der Waals surface area contributed by atoms with Crippen molar-refractivity contribution in [1.82, 2.24) is 4.90 Å². The van der Waals surface area contributed by atoms with Gasteiger partial charge in [-0.25, -0.2) is 9.18 Å². The van der Waals surface area contributed by atoms with Gasteiger partial charge >= 0.3 is 6.09 Å². The highest BCUT2D eigenvalue weighted by Gasteiger charge is 2.40. The maximum atomic E-state index is 13.9. The molecule has 1 aliphatic heterocycles. The summed E-state index contributed by atoms with van der Waals surface area (Å²) < 4.78 is 26.0. The van der Waals surface area contributed by atoms with E-state index < -0.39 is 19.7 Å². The van der Waals surface area contributed by atoms with Gasteiger partial charge < -0.3 is 14.1 Å². The van der Waals surface area contributed by atoms with Crippen molar-refractivity contribution in [2.45, 2.75) is 77.6 Å². The molecule has 0 N–H and O–H groups in total. The topological polar surface area (TPSA) is 55.8 Å². The number of halogens is 1. The third-order valence-electron chi connectivity index (χ3n) is 6.43. The molecule has 0 radical (unpaired) electrons. The summed E-state index contributed by atoms with van der Waals surface area (Å²) in [5.41, 5.74) is 0.420. The Morgan fingerprint density at radius 1 is 1.23 bits per heavy atom. The molecule has 5 nitrogen and oxygen atoms in total. The smallest absolute Gasteiger partial charge is 0.410 e. The van der Waals surface area contributed by atoms with Gasteiger partial charge in [0.15, 0.2) is 14.6 Å². The molecule has 1 amide bonds. The van der Waals surface area contributed by atoms with E-state index in [1.165, 1.54) is 6.07 Å². The predicted octanol–water partition coefficient (Wildman–Crippen LogP) is 6.00. The van der Waals surface area contributed by atoms with Crippen LogP contribution in [0.1, 0.15) is 69.8 Å². The number of hydrogen-bond acceptors (Lipinski definition) is 4. The first-order valence-corrected chi connectivity index (χ1v) is 13.9. The molecular formula is C24H38FNO4Si. The Kier molecular flexibility index (Phi) is 7.75. The van der Waals surface area contributed by atoms with E-state index in [2.05, 4.69) is 33.9 Å². The summed E-state index contributed by atoms with van der Waals surface area (Å²) in [5.74, 6) is -0.415. The molecule has 1 aromatic rings. The minimum absolute atomic E-state index is 0.0281. The maximum Gasteiger partial charge on any atom is 0.410 e. The number of nitrogens with zero attached hydrogens (tertiary/aromatic N) is 1. The molecule has 1 aliphatic rings. The van der Waals surface area contributed by atoms with Crippen LogP contribution >= 0.6 is 0 Å². The molecule has 2 atom stereocenters. The minimum Gasteiger partial charge on any atom is -0.444 e. The number of rotatable bonds is 5. The van der Waals surface area contributed by atoms with Crippen molar-refractivity contribution in [2.75, 3.05) is 19.7 Å². The first-order chi connectivity index (χ1) is 14.1. The number of aldehydes is 1. The van der Waals surface area contributed by atoms with Crippen LogP contribution in [0, 0.1) is 11.7 Å². The molecular weight excluding hydrogens is 413 g/mol. The van der Waals surface area contributed by atoms with Gasteiger partial charge in [0.05, 0.1) is 5.56 Å². The lowest BCUT2D eigenvalue weighted by Gasteiger charge is -2.42. The van der Waals surface area contributed by atoms with Crippen LogP contribution in [-0.4, -0.2) is 50.9 Å². The van der Waals surface area contributed by atoms with Crippen LogP contribution < -0.4 is 0 Å². The number of likely N-dealkylation sites (tertiary alicyclic amines) is 1. The van der Waals surface area contributed by atoms with Gasteiger partial charge in [-0.15, -0.1) is 0 Å². The van der Waals surface area contributed by atoms with Gasteiger partial charge in [0, 0.05) is 25.6 Å². The highest BCUT2D eigenvalue weighted by Crippen LogP contribution is 2.39. The number of ether oxygens (including phenoxy) is 1. The van der Waals surface area contributed by atoms with E-state index >= 15 is 0 Å². The zero-order valence-corrected chi connectivity index (χ0v) is 21.3. The molecule has 0 saturated carbocycles. The first kappa shape index (κ1) is 25.5. The van der Waals surface area contributed by atoms with Gasteiger partial charge in [-0.3, -0.25) is 4.79 Å². The lowest BCUT2D eigenvalue weighted by molar-refractivity contribution is 0.0106. The SMILES string of the molecule is CC(C)(C)OC(=O)N1CC[C@@H](c2ccc(F)c(C=O)c2)[C@H](CO[Si](C)(C)C(C)(C)C)C1. The molecule has 0 aliphatic carbocycles. The molecule has 7 heteroatoms. The molecule has 1 saturated heterocycles. The quantitative estimate of drug-likeness (QED) is 0.407. The molecule has 2 rings (SSSR count). The highest BCUT2D eigenvalue weighted by atomic mass is 28.4. The van der Waals surface area contributed by atoms with Crippen LogP contribution in [0.25, 0.3) is 0 Å². The van der Waals surface area contributed by atoms with Gasteiger partial charge in [0.1, 0.15) is 11.4 Å². The molecule has 174 valence electrons. The average Bonchev–Trinajstić information content (AvgIpc) is 2.64. The summed E-state index contributed by atoms with van der Waals surface area (Å²) >= 11 is 0. The third-order valence-corrected chi connectivity index (χ3v) is 10.9. The number of hydrogen-bond donors (Lipinski definition) is 0. The second kappa shape index (κ2) is 9.41. The van der Waals surface area contributed by atoms with Crippen LogP contribution in [0.2, 0.25) is 18.1 Å². The number of amides is 1. The number of benzene rings is 1. The lowest BCUT2D eigenvalue weighted by Crippen LogP contribution is -2.48. The predicted molar refractivity (Wildman–Crippen MR) is 124 cm³/mol. The van der Waals surface area contributed by atoms with Crippen molar-refractivity contribution in [2.24, 2.45) is 5.92 Å². The van der Waals surface area contributed by atoms with Crippen LogP contribution in [0.4, 0.5) is 9.18 Å². The molecule has 31 heavy (non-hydrogen) atoms. The van der Waals surface area contributed by atoms with Crippen LogP contribution in [0.5, 0.6) is 0 Å². The summed E-state index contributed by atoms with van der Waals surface area (Å²) in [6.07, 6.45) is 0.931. The molecule has 1 fully saturated rings. The molecule has 0 spiro atoms. The fourth-order valence-electron chi connectivity index (χ4n) is 3.55. The number of carbonyl (C=O) groups excluding carboxylic acids is 2. The fraction of sp³-hybridized carbons (Fsp3) is 0.667.